The van der Waals surface area contributed by atoms with Crippen molar-refractivity contribution in [3.63, 3.8) is 0 Å². The molecule has 8 heteroatoms. The summed E-state index contributed by atoms with van der Waals surface area (Å²) in [6.07, 6.45) is 0. The molecule has 1 aromatic heterocycles. The van der Waals surface area contributed by atoms with E-state index >= 15 is 0 Å². The van der Waals surface area contributed by atoms with Gasteiger partial charge in [0.25, 0.3) is 0 Å². The van der Waals surface area contributed by atoms with E-state index in [9.17, 15) is 9.59 Å². The molecule has 0 fully saturated rings. The molecule has 26 heavy (non-hydrogen) atoms. The number of nitrogens with one attached hydrogen (secondary N) is 2. The molecule has 140 valence electrons. The third-order valence-corrected chi connectivity index (χ3v) is 3.34. The van der Waals surface area contributed by atoms with Gasteiger partial charge in [-0.1, -0.05) is 17.3 Å². The first-order valence-electron chi connectivity index (χ1n) is 8.15. The van der Waals surface area contributed by atoms with Crippen molar-refractivity contribution in [1.29, 1.82) is 0 Å². The second-order valence-corrected chi connectivity index (χ2v) is 6.72. The van der Waals surface area contributed by atoms with E-state index in [1.165, 1.54) is 12.1 Å². The number of aromatic carboxylic acids is 1. The van der Waals surface area contributed by atoms with Gasteiger partial charge in [-0.15, -0.1) is 0 Å². The van der Waals surface area contributed by atoms with Crippen molar-refractivity contribution in [2.24, 2.45) is 0 Å². The molecule has 1 heterocycles. The number of amides is 2. The largest absolute Gasteiger partial charge is 0.478 e. The highest BCUT2D eigenvalue weighted by molar-refractivity contribution is 5.87. The summed E-state index contributed by atoms with van der Waals surface area (Å²) >= 11 is 0. The summed E-state index contributed by atoms with van der Waals surface area (Å²) in [7, 11) is 0. The minimum absolute atomic E-state index is 0.204. The van der Waals surface area contributed by atoms with Crippen LogP contribution in [0.3, 0.4) is 0 Å². The third-order valence-electron chi connectivity index (χ3n) is 3.34. The van der Waals surface area contributed by atoms with Gasteiger partial charge in [0.05, 0.1) is 17.7 Å². The van der Waals surface area contributed by atoms with Crippen LogP contribution in [0, 0.1) is 0 Å². The monoisotopic (exact) mass is 361 g/mol. The van der Waals surface area contributed by atoms with Crippen LogP contribution in [0.4, 0.5) is 4.79 Å². The Balaban J connectivity index is 1.73. The number of ether oxygens (including phenoxy) is 1. The van der Waals surface area contributed by atoms with Crippen LogP contribution in [0.5, 0.6) is 0 Å². The Hall–Kier alpha value is -2.87. The molecule has 1 aromatic carbocycles. The summed E-state index contributed by atoms with van der Waals surface area (Å²) < 4.78 is 10.8. The van der Waals surface area contributed by atoms with Crippen molar-refractivity contribution in [3.05, 3.63) is 52.9 Å². The van der Waals surface area contributed by atoms with Crippen molar-refractivity contribution in [1.82, 2.24) is 15.8 Å². The molecule has 0 aliphatic heterocycles. The van der Waals surface area contributed by atoms with Crippen molar-refractivity contribution < 1.29 is 24.0 Å². The fourth-order valence-corrected chi connectivity index (χ4v) is 1.98. The number of carboxylic acids is 1. The molecule has 0 unspecified atom stereocenters. The summed E-state index contributed by atoms with van der Waals surface area (Å²) in [5.41, 5.74) is 1.33. The van der Waals surface area contributed by atoms with E-state index in [2.05, 4.69) is 15.8 Å². The van der Waals surface area contributed by atoms with E-state index in [1.54, 1.807) is 18.2 Å². The first-order valence-corrected chi connectivity index (χ1v) is 8.15. The van der Waals surface area contributed by atoms with Crippen molar-refractivity contribution >= 4 is 12.0 Å². The standard InChI is InChI=1S/C18H23N3O5/c1-18(2,3)25-11-15-8-14(21-26-15)10-20-17(24)19-9-12-4-6-13(7-5-12)16(22)23/h4-8H,9-11H2,1-3H3,(H,22,23)(H2,19,20,24). The Labute approximate surface area is 151 Å². The van der Waals surface area contributed by atoms with Gasteiger partial charge in [0.15, 0.2) is 5.76 Å². The normalized spacial score (nSPS) is 11.2. The summed E-state index contributed by atoms with van der Waals surface area (Å²) in [5.74, 6) is -0.391. The summed E-state index contributed by atoms with van der Waals surface area (Å²) in [6.45, 7) is 6.68. The molecule has 0 bridgehead atoms. The van der Waals surface area contributed by atoms with Crippen molar-refractivity contribution in [2.75, 3.05) is 0 Å². The number of benzene rings is 1. The van der Waals surface area contributed by atoms with Gasteiger partial charge in [-0.05, 0) is 38.5 Å². The molecule has 3 N–H and O–H groups in total. The lowest BCUT2D eigenvalue weighted by Crippen LogP contribution is -2.34. The molecular formula is C18H23N3O5. The van der Waals surface area contributed by atoms with E-state index in [-0.39, 0.29) is 30.3 Å². The molecule has 8 nitrogen and oxygen atoms in total. The quantitative estimate of drug-likeness (QED) is 0.699. The highest BCUT2D eigenvalue weighted by Crippen LogP contribution is 2.12. The maximum absolute atomic E-state index is 11.8. The van der Waals surface area contributed by atoms with Crippen LogP contribution in [0.25, 0.3) is 0 Å². The number of aromatic nitrogens is 1. The molecule has 0 saturated heterocycles. The predicted octanol–water partition coefficient (Wildman–Crippen LogP) is 2.69. The van der Waals surface area contributed by atoms with E-state index < -0.39 is 5.97 Å². The van der Waals surface area contributed by atoms with Gasteiger partial charge >= 0.3 is 12.0 Å². The van der Waals surface area contributed by atoms with Crippen LogP contribution < -0.4 is 10.6 Å². The van der Waals surface area contributed by atoms with E-state index in [0.29, 0.717) is 18.1 Å². The Morgan fingerprint density at radius 3 is 2.42 bits per heavy atom. The van der Waals surface area contributed by atoms with Gasteiger partial charge in [-0.25, -0.2) is 9.59 Å². The highest BCUT2D eigenvalue weighted by Gasteiger charge is 2.13. The van der Waals surface area contributed by atoms with E-state index in [0.717, 1.165) is 5.56 Å². The SMILES string of the molecule is CC(C)(C)OCc1cc(CNC(=O)NCc2ccc(C(=O)O)cc2)no1. The van der Waals surface area contributed by atoms with Crippen LogP contribution >= 0.6 is 0 Å². The molecule has 0 spiro atoms. The molecule has 0 atom stereocenters. The van der Waals surface area contributed by atoms with Gasteiger partial charge in [0.2, 0.25) is 0 Å². The highest BCUT2D eigenvalue weighted by atomic mass is 16.5. The van der Waals surface area contributed by atoms with Gasteiger partial charge in [0, 0.05) is 12.6 Å². The van der Waals surface area contributed by atoms with Gasteiger partial charge < -0.3 is 25.0 Å². The van der Waals surface area contributed by atoms with Gasteiger partial charge in [-0.3, -0.25) is 0 Å². The number of hydrogen-bond donors (Lipinski definition) is 3. The summed E-state index contributed by atoms with van der Waals surface area (Å²) in [4.78, 5) is 22.6. The summed E-state index contributed by atoms with van der Waals surface area (Å²) in [6, 6.07) is 7.67. The topological polar surface area (TPSA) is 114 Å². The third kappa shape index (κ3) is 6.56. The predicted molar refractivity (Wildman–Crippen MR) is 93.5 cm³/mol. The molecule has 0 saturated carbocycles. The lowest BCUT2D eigenvalue weighted by molar-refractivity contribution is -0.0241. The van der Waals surface area contributed by atoms with E-state index in [1.807, 2.05) is 20.8 Å². The number of carboxylic acid groups (broad SMARTS) is 1. The molecule has 0 aliphatic carbocycles. The maximum Gasteiger partial charge on any atom is 0.335 e. The zero-order valence-electron chi connectivity index (χ0n) is 15.0. The average Bonchev–Trinajstić information content (AvgIpc) is 3.04. The molecule has 2 aromatic rings. The fraction of sp³-hybridized carbons (Fsp3) is 0.389. The van der Waals surface area contributed by atoms with Crippen LogP contribution in [0.15, 0.2) is 34.9 Å². The Kier molecular flexibility index (Phi) is 6.35. The van der Waals surface area contributed by atoms with Gasteiger partial charge in [-0.2, -0.15) is 0 Å². The molecule has 2 amide bonds. The first-order chi connectivity index (χ1) is 12.2. The molecule has 2 rings (SSSR count). The second kappa shape index (κ2) is 8.48. The zero-order valence-corrected chi connectivity index (χ0v) is 15.0. The Bertz CT molecular complexity index is 747. The smallest absolute Gasteiger partial charge is 0.335 e. The number of nitrogens with zero attached hydrogens (tertiary/aromatic N) is 1. The van der Waals surface area contributed by atoms with Gasteiger partial charge in [0.1, 0.15) is 12.3 Å². The minimum atomic E-state index is -0.984. The second-order valence-electron chi connectivity index (χ2n) is 6.72. The lowest BCUT2D eigenvalue weighted by Gasteiger charge is -2.17. The number of urea groups is 1. The van der Waals surface area contributed by atoms with E-state index in [4.69, 9.17) is 14.4 Å². The first kappa shape index (κ1) is 19.5. The number of rotatable bonds is 7. The van der Waals surface area contributed by atoms with Crippen molar-refractivity contribution in [3.8, 4) is 0 Å². The molecule has 0 aliphatic rings. The van der Waals surface area contributed by atoms with Crippen LogP contribution in [0.2, 0.25) is 0 Å². The lowest BCUT2D eigenvalue weighted by atomic mass is 10.1. The average molecular weight is 361 g/mol. The number of hydrogen-bond acceptors (Lipinski definition) is 5. The van der Waals surface area contributed by atoms with Crippen LogP contribution in [-0.4, -0.2) is 27.9 Å². The minimum Gasteiger partial charge on any atom is -0.478 e. The molecular weight excluding hydrogens is 338 g/mol. The number of carbonyl (C=O) groups excluding carboxylic acids is 1. The number of carbonyl (C=O) groups is 2. The van der Waals surface area contributed by atoms with Crippen LogP contribution in [-0.2, 0) is 24.4 Å². The van der Waals surface area contributed by atoms with Crippen molar-refractivity contribution in [2.45, 2.75) is 46.1 Å². The Morgan fingerprint density at radius 1 is 1.15 bits per heavy atom. The summed E-state index contributed by atoms with van der Waals surface area (Å²) in [5, 5.41) is 18.1. The zero-order chi connectivity index (χ0) is 19.2. The fourth-order valence-electron chi connectivity index (χ4n) is 1.98. The van der Waals surface area contributed by atoms with Crippen LogP contribution in [0.1, 0.15) is 48.1 Å². The maximum atomic E-state index is 11.8. The molecule has 0 radical (unpaired) electrons. The Morgan fingerprint density at radius 2 is 1.81 bits per heavy atom.